The van der Waals surface area contributed by atoms with Crippen LogP contribution in [-0.2, 0) is 25.3 Å². The maximum absolute atomic E-state index is 12.0. The summed E-state index contributed by atoms with van der Waals surface area (Å²) in [5.74, 6) is -0.248. The van der Waals surface area contributed by atoms with Gasteiger partial charge in [0.1, 0.15) is 16.0 Å². The SMILES string of the molecule is CCOC(=O)C(C)(C)c1csc(C(C)(CC)OC)n1. The van der Waals surface area contributed by atoms with Crippen molar-refractivity contribution in [1.82, 2.24) is 4.98 Å². The van der Waals surface area contributed by atoms with Crippen LogP contribution in [0.4, 0.5) is 0 Å². The Hall–Kier alpha value is -0.940. The van der Waals surface area contributed by atoms with Gasteiger partial charge in [0.05, 0.1) is 12.3 Å². The second kappa shape index (κ2) is 6.01. The highest BCUT2D eigenvalue weighted by atomic mass is 32.1. The number of esters is 1. The second-order valence-electron chi connectivity index (χ2n) is 5.17. The highest BCUT2D eigenvalue weighted by Gasteiger charge is 2.36. The molecule has 0 bridgehead atoms. The average Bonchev–Trinajstić information content (AvgIpc) is 2.88. The molecule has 0 saturated carbocycles. The molecular formula is C14H23NO3S. The standard InChI is InChI=1S/C14H23NO3S/c1-7-14(5,17-6)11-15-10(9-19-11)13(3,4)12(16)18-8-2/h9H,7-8H2,1-6H3. The van der Waals surface area contributed by atoms with Gasteiger partial charge >= 0.3 is 5.97 Å². The van der Waals surface area contributed by atoms with E-state index in [9.17, 15) is 4.79 Å². The Morgan fingerprint density at radius 2 is 2.00 bits per heavy atom. The average molecular weight is 285 g/mol. The molecule has 0 amide bonds. The molecule has 0 aliphatic heterocycles. The van der Waals surface area contributed by atoms with E-state index in [4.69, 9.17) is 9.47 Å². The molecule has 1 atom stereocenters. The molecule has 1 aromatic heterocycles. The van der Waals surface area contributed by atoms with E-state index in [0.717, 1.165) is 17.1 Å². The lowest BCUT2D eigenvalue weighted by atomic mass is 9.90. The van der Waals surface area contributed by atoms with Gasteiger partial charge in [-0.3, -0.25) is 4.79 Å². The van der Waals surface area contributed by atoms with Crippen LogP contribution in [0.25, 0.3) is 0 Å². The lowest BCUT2D eigenvalue weighted by Crippen LogP contribution is -2.32. The van der Waals surface area contributed by atoms with Crippen LogP contribution in [0.15, 0.2) is 5.38 Å². The normalized spacial score (nSPS) is 15.1. The van der Waals surface area contributed by atoms with Crippen molar-refractivity contribution in [1.29, 1.82) is 0 Å². The lowest BCUT2D eigenvalue weighted by Gasteiger charge is -2.24. The van der Waals surface area contributed by atoms with Crippen molar-refractivity contribution < 1.29 is 14.3 Å². The van der Waals surface area contributed by atoms with Crippen molar-refractivity contribution in [2.24, 2.45) is 0 Å². The van der Waals surface area contributed by atoms with E-state index in [-0.39, 0.29) is 5.97 Å². The van der Waals surface area contributed by atoms with Gasteiger partial charge in [-0.15, -0.1) is 11.3 Å². The molecule has 0 fully saturated rings. The maximum atomic E-state index is 12.0. The molecule has 1 aromatic rings. The van der Waals surface area contributed by atoms with Gasteiger partial charge in [0.2, 0.25) is 0 Å². The maximum Gasteiger partial charge on any atom is 0.317 e. The first-order valence-corrected chi connectivity index (χ1v) is 7.38. The molecule has 5 heteroatoms. The molecule has 1 unspecified atom stereocenters. The molecule has 108 valence electrons. The Kier molecular flexibility index (Phi) is 5.10. The summed E-state index contributed by atoms with van der Waals surface area (Å²) in [6, 6.07) is 0. The van der Waals surface area contributed by atoms with Crippen LogP contribution >= 0.6 is 11.3 Å². The van der Waals surface area contributed by atoms with Crippen LogP contribution < -0.4 is 0 Å². The van der Waals surface area contributed by atoms with Gasteiger partial charge in [-0.25, -0.2) is 4.98 Å². The van der Waals surface area contributed by atoms with Gasteiger partial charge in [-0.05, 0) is 34.1 Å². The van der Waals surface area contributed by atoms with Crippen LogP contribution in [0.5, 0.6) is 0 Å². The smallest absolute Gasteiger partial charge is 0.317 e. The summed E-state index contributed by atoms with van der Waals surface area (Å²) in [6.07, 6.45) is 0.830. The zero-order valence-electron chi connectivity index (χ0n) is 12.6. The second-order valence-corrected chi connectivity index (χ2v) is 6.03. The molecule has 4 nitrogen and oxygen atoms in total. The number of hydrogen-bond donors (Lipinski definition) is 0. The number of hydrogen-bond acceptors (Lipinski definition) is 5. The Morgan fingerprint density at radius 1 is 1.37 bits per heavy atom. The first-order chi connectivity index (χ1) is 8.81. The summed E-state index contributed by atoms with van der Waals surface area (Å²) >= 11 is 1.52. The van der Waals surface area contributed by atoms with Crippen molar-refractivity contribution in [2.75, 3.05) is 13.7 Å². The van der Waals surface area contributed by atoms with E-state index in [2.05, 4.69) is 11.9 Å². The fourth-order valence-electron chi connectivity index (χ4n) is 1.60. The number of methoxy groups -OCH3 is 1. The monoisotopic (exact) mass is 285 g/mol. The Labute approximate surface area is 119 Å². The fraction of sp³-hybridized carbons (Fsp3) is 0.714. The highest BCUT2D eigenvalue weighted by Crippen LogP contribution is 2.34. The molecular weight excluding hydrogens is 262 g/mol. The predicted molar refractivity (Wildman–Crippen MR) is 76.4 cm³/mol. The number of aromatic nitrogens is 1. The van der Waals surface area contributed by atoms with Crippen LogP contribution in [0.2, 0.25) is 0 Å². The minimum atomic E-state index is -0.729. The summed E-state index contributed by atoms with van der Waals surface area (Å²) in [4.78, 5) is 16.6. The van der Waals surface area contributed by atoms with E-state index in [1.807, 2.05) is 26.2 Å². The number of thiazole rings is 1. The largest absolute Gasteiger partial charge is 0.465 e. The number of carbonyl (C=O) groups is 1. The first kappa shape index (κ1) is 16.1. The molecule has 0 aliphatic carbocycles. The topological polar surface area (TPSA) is 48.4 Å². The molecule has 0 radical (unpaired) electrons. The van der Waals surface area contributed by atoms with Crippen LogP contribution in [-0.4, -0.2) is 24.7 Å². The minimum absolute atomic E-state index is 0.248. The number of nitrogens with zero attached hydrogens (tertiary/aromatic N) is 1. The lowest BCUT2D eigenvalue weighted by molar-refractivity contribution is -0.148. The van der Waals surface area contributed by atoms with E-state index < -0.39 is 11.0 Å². The zero-order chi connectivity index (χ0) is 14.7. The predicted octanol–water partition coefficient (Wildman–Crippen LogP) is 3.26. The summed E-state index contributed by atoms with van der Waals surface area (Å²) in [5, 5.41) is 2.81. The Balaban J connectivity index is 3.05. The molecule has 0 N–H and O–H groups in total. The molecule has 0 spiro atoms. The summed E-state index contributed by atoms with van der Waals surface area (Å²) in [7, 11) is 1.68. The highest BCUT2D eigenvalue weighted by molar-refractivity contribution is 7.09. The van der Waals surface area contributed by atoms with Crippen molar-refractivity contribution in [2.45, 2.75) is 52.1 Å². The first-order valence-electron chi connectivity index (χ1n) is 6.50. The van der Waals surface area contributed by atoms with Gasteiger partial charge in [0, 0.05) is 12.5 Å². The van der Waals surface area contributed by atoms with Gasteiger partial charge < -0.3 is 9.47 Å². The zero-order valence-corrected chi connectivity index (χ0v) is 13.4. The molecule has 1 rings (SSSR count). The van der Waals surface area contributed by atoms with Gasteiger partial charge in [-0.1, -0.05) is 6.92 Å². The van der Waals surface area contributed by atoms with Crippen LogP contribution in [0, 0.1) is 0 Å². The summed E-state index contributed by atoms with van der Waals surface area (Å²) < 4.78 is 10.6. The van der Waals surface area contributed by atoms with Crippen LogP contribution in [0.1, 0.15) is 51.7 Å². The number of rotatable bonds is 6. The fourth-order valence-corrected chi connectivity index (χ4v) is 2.80. The molecule has 19 heavy (non-hydrogen) atoms. The van der Waals surface area contributed by atoms with Gasteiger partial charge in [0.25, 0.3) is 0 Å². The summed E-state index contributed by atoms with van der Waals surface area (Å²) in [5.41, 5.74) is -0.386. The molecule has 1 heterocycles. The number of carbonyl (C=O) groups excluding carboxylic acids is 1. The molecule has 0 saturated heterocycles. The van der Waals surface area contributed by atoms with E-state index >= 15 is 0 Å². The van der Waals surface area contributed by atoms with Crippen molar-refractivity contribution in [3.8, 4) is 0 Å². The van der Waals surface area contributed by atoms with Crippen molar-refractivity contribution in [3.05, 3.63) is 16.1 Å². The van der Waals surface area contributed by atoms with E-state index in [1.54, 1.807) is 14.0 Å². The van der Waals surface area contributed by atoms with Crippen molar-refractivity contribution in [3.63, 3.8) is 0 Å². The Morgan fingerprint density at radius 3 is 2.47 bits per heavy atom. The molecule has 0 aromatic carbocycles. The minimum Gasteiger partial charge on any atom is -0.465 e. The van der Waals surface area contributed by atoms with Gasteiger partial charge in [-0.2, -0.15) is 0 Å². The van der Waals surface area contributed by atoms with Crippen LogP contribution in [0.3, 0.4) is 0 Å². The summed E-state index contributed by atoms with van der Waals surface area (Å²) in [6.45, 7) is 9.91. The van der Waals surface area contributed by atoms with Gasteiger partial charge in [0.15, 0.2) is 0 Å². The quantitative estimate of drug-likeness (QED) is 0.753. The van der Waals surface area contributed by atoms with Crippen molar-refractivity contribution >= 4 is 17.3 Å². The van der Waals surface area contributed by atoms with E-state index in [1.165, 1.54) is 11.3 Å². The third-order valence-electron chi connectivity index (χ3n) is 3.51. The third kappa shape index (κ3) is 3.15. The molecule has 0 aliphatic rings. The number of ether oxygens (including phenoxy) is 2. The Bertz CT molecular complexity index is 436. The van der Waals surface area contributed by atoms with E-state index in [0.29, 0.717) is 6.61 Å². The third-order valence-corrected chi connectivity index (χ3v) is 4.60.